The first-order valence-electron chi connectivity index (χ1n) is 13.3. The minimum Gasteiger partial charge on any atom is -0.507 e. The number of hydrogen-bond acceptors (Lipinski definition) is 8. The van der Waals surface area contributed by atoms with E-state index in [4.69, 9.17) is 4.11 Å². The molecule has 0 unspecified atom stereocenters. The molecule has 0 amide bonds. The van der Waals surface area contributed by atoms with Gasteiger partial charge >= 0.3 is 0 Å². The number of anilines is 1. The van der Waals surface area contributed by atoms with Crippen molar-refractivity contribution >= 4 is 17.6 Å². The molecule has 2 N–H and O–H groups in total. The van der Waals surface area contributed by atoms with Crippen LogP contribution < -0.4 is 10.2 Å². The van der Waals surface area contributed by atoms with E-state index in [1.807, 2.05) is 6.92 Å². The normalized spacial score (nSPS) is 29.2. The van der Waals surface area contributed by atoms with Gasteiger partial charge < -0.3 is 15.3 Å². The summed E-state index contributed by atoms with van der Waals surface area (Å²) < 4.78 is 51.9. The number of hydrogen-bond donors (Lipinski definition) is 2. The van der Waals surface area contributed by atoms with Crippen LogP contribution in [0.2, 0.25) is 0 Å². The lowest BCUT2D eigenvalue weighted by Gasteiger charge is -2.56. The molecule has 0 aliphatic carbocycles. The number of rotatable bonds is 5. The Hall–Kier alpha value is -2.85. The second-order valence-electron chi connectivity index (χ2n) is 10.2. The molecule has 2 saturated heterocycles. The Balaban J connectivity index is 1.36. The highest BCUT2D eigenvalue weighted by Crippen LogP contribution is 2.43. The quantitative estimate of drug-likeness (QED) is 0.363. The van der Waals surface area contributed by atoms with E-state index in [1.165, 1.54) is 18.3 Å². The van der Waals surface area contributed by atoms with Crippen LogP contribution in [0.1, 0.15) is 43.6 Å². The smallest absolute Gasteiger partial charge is 0.214 e. The molecule has 2 fully saturated rings. The fourth-order valence-electron chi connectivity index (χ4n) is 5.66. The maximum atomic E-state index is 15.7. The van der Waals surface area contributed by atoms with E-state index in [1.54, 1.807) is 24.1 Å². The predicted octanol–water partition coefficient (Wildman–Crippen LogP) is 5.00. The number of aromatic nitrogens is 4. The van der Waals surface area contributed by atoms with E-state index < -0.39 is 23.8 Å². The Morgan fingerprint density at radius 1 is 1.19 bits per heavy atom. The van der Waals surface area contributed by atoms with Crippen molar-refractivity contribution in [2.75, 3.05) is 18.1 Å². The predicted molar refractivity (Wildman–Crippen MR) is 137 cm³/mol. The first-order chi connectivity index (χ1) is 18.3. The lowest BCUT2D eigenvalue weighted by molar-refractivity contribution is 0.00193. The van der Waals surface area contributed by atoms with Crippen LogP contribution in [-0.2, 0) is 0 Å². The van der Waals surface area contributed by atoms with Gasteiger partial charge in [-0.05, 0) is 75.0 Å². The molecule has 4 atom stereocenters. The van der Waals surface area contributed by atoms with Crippen LogP contribution in [0.25, 0.3) is 22.5 Å². The van der Waals surface area contributed by atoms with Crippen molar-refractivity contribution < 1.29 is 18.0 Å². The molecular weight excluding hydrogens is 482 g/mol. The lowest BCUT2D eigenvalue weighted by atomic mass is 9.68. The van der Waals surface area contributed by atoms with Crippen molar-refractivity contribution in [2.45, 2.75) is 67.8 Å². The number of halogens is 2. The number of aromatic hydroxyl groups is 1. The summed E-state index contributed by atoms with van der Waals surface area (Å²) in [5, 5.41) is 22.7. The van der Waals surface area contributed by atoms with Gasteiger partial charge in [0.05, 0.1) is 22.8 Å². The Morgan fingerprint density at radius 3 is 2.75 bits per heavy atom. The first kappa shape index (κ1) is 21.3. The van der Waals surface area contributed by atoms with Crippen molar-refractivity contribution in [3.63, 3.8) is 0 Å². The molecule has 5 rings (SSSR count). The Kier molecular flexibility index (Phi) is 5.45. The Morgan fingerprint density at radius 2 is 2.03 bits per heavy atom. The van der Waals surface area contributed by atoms with Gasteiger partial charge in [-0.2, -0.15) is 4.39 Å². The van der Waals surface area contributed by atoms with Gasteiger partial charge in [-0.3, -0.25) is 0 Å². The molecule has 190 valence electrons. The number of alkyl halides is 1. The number of benzene rings is 1. The van der Waals surface area contributed by atoms with Gasteiger partial charge in [0.1, 0.15) is 11.9 Å². The lowest BCUT2D eigenvalue weighted by Crippen LogP contribution is -2.72. The number of nitrogens with zero attached hydrogens (tertiary/aromatic N) is 5. The van der Waals surface area contributed by atoms with Crippen LogP contribution >= 0.6 is 11.8 Å². The zero-order valence-corrected chi connectivity index (χ0v) is 21.1. The van der Waals surface area contributed by atoms with Gasteiger partial charge in [0, 0.05) is 28.3 Å². The van der Waals surface area contributed by atoms with E-state index in [-0.39, 0.29) is 28.2 Å². The summed E-state index contributed by atoms with van der Waals surface area (Å²) >= 11 is 0.473. The molecule has 1 aromatic carbocycles. The highest BCUT2D eigenvalue weighted by Gasteiger charge is 2.53. The summed E-state index contributed by atoms with van der Waals surface area (Å²) in [5.41, 5.74) is 0.394. The van der Waals surface area contributed by atoms with E-state index >= 15 is 4.39 Å². The van der Waals surface area contributed by atoms with Crippen molar-refractivity contribution in [3.8, 4) is 28.3 Å². The van der Waals surface area contributed by atoms with Gasteiger partial charge in [-0.15, -0.1) is 22.0 Å². The van der Waals surface area contributed by atoms with E-state index in [9.17, 15) is 9.50 Å². The monoisotopic (exact) mass is 515 g/mol. The van der Waals surface area contributed by atoms with Crippen LogP contribution in [0.15, 0.2) is 41.6 Å². The van der Waals surface area contributed by atoms with Crippen LogP contribution in [-0.4, -0.2) is 61.8 Å². The Labute approximate surface area is 218 Å². The fraction of sp³-hybridized carbons (Fsp3) is 0.462. The SMILES string of the molecule is [2H]C([2H])([2H])Sc1cc(-c2ccc(-c3ncc(N(C)[C@@H]4C[C@@]5(C)CCC[C@](C)(N5)[C@@H]4F)nn3)c(O)c2)cc(F)n1. The summed E-state index contributed by atoms with van der Waals surface area (Å²) in [6, 6.07) is 6.86. The maximum Gasteiger partial charge on any atom is 0.214 e. The first-order valence-corrected chi connectivity index (χ1v) is 12.6. The highest BCUT2D eigenvalue weighted by molar-refractivity contribution is 7.98. The minimum atomic E-state index is -2.37. The van der Waals surface area contributed by atoms with Crippen molar-refractivity contribution in [1.29, 1.82) is 0 Å². The summed E-state index contributed by atoms with van der Waals surface area (Å²) in [6.45, 7) is 4.09. The third-order valence-corrected chi connectivity index (χ3v) is 7.89. The fourth-order valence-corrected chi connectivity index (χ4v) is 5.98. The number of nitrogens with one attached hydrogen (secondary N) is 1. The number of fused-ring (bicyclic) bond motifs is 2. The zero-order chi connectivity index (χ0) is 28.2. The molecule has 3 aromatic rings. The molecule has 2 bridgehead atoms. The molecule has 2 aliphatic rings. The molecule has 10 heteroatoms. The molecule has 0 saturated carbocycles. The molecule has 2 aliphatic heterocycles. The van der Waals surface area contributed by atoms with Crippen LogP contribution in [0.4, 0.5) is 14.6 Å². The number of piperidine rings is 2. The summed E-state index contributed by atoms with van der Waals surface area (Å²) in [7, 11) is 1.80. The third-order valence-electron chi connectivity index (χ3n) is 7.47. The molecule has 4 heterocycles. The molecule has 36 heavy (non-hydrogen) atoms. The van der Waals surface area contributed by atoms with Crippen LogP contribution in [0.5, 0.6) is 5.75 Å². The molecule has 0 spiro atoms. The summed E-state index contributed by atoms with van der Waals surface area (Å²) in [4.78, 5) is 9.81. The largest absolute Gasteiger partial charge is 0.507 e. The Bertz CT molecular complexity index is 1380. The zero-order valence-electron chi connectivity index (χ0n) is 23.3. The van der Waals surface area contributed by atoms with E-state index in [0.717, 1.165) is 25.3 Å². The maximum absolute atomic E-state index is 15.7. The summed E-state index contributed by atoms with van der Waals surface area (Å²) in [5.74, 6) is -0.380. The van der Waals surface area contributed by atoms with Gasteiger partial charge in [-0.25, -0.2) is 14.4 Å². The van der Waals surface area contributed by atoms with Crippen molar-refractivity contribution in [2.24, 2.45) is 0 Å². The highest BCUT2D eigenvalue weighted by atomic mass is 32.2. The second kappa shape index (κ2) is 9.23. The molecule has 0 radical (unpaired) electrons. The number of pyridine rings is 1. The van der Waals surface area contributed by atoms with Gasteiger partial charge in [0.2, 0.25) is 5.95 Å². The molecular formula is C26H30F2N6OS. The average Bonchev–Trinajstić information content (AvgIpc) is 2.84. The number of phenols is 1. The third kappa shape index (κ3) is 4.52. The van der Waals surface area contributed by atoms with Crippen molar-refractivity contribution in [3.05, 3.63) is 42.5 Å². The standard InChI is InChI=1S/C26H30F2N6OS/c1-25-8-5-9-26(2,33-25)23(28)18(13-25)34(3)21-14-29-24(32-31-21)17-7-6-15(10-19(17)35)16-11-20(27)30-22(12-16)36-4/h6-7,10-12,14,18,23,33,35H,5,8-9,13H2,1-4H3/t18-,23-,25-,26+/m1/s1/i4D3. The number of phenolic OH excluding ortho intramolecular Hbond substituents is 1. The molecule has 2 aromatic heterocycles. The minimum absolute atomic E-state index is 0.0108. The van der Waals surface area contributed by atoms with E-state index in [0.29, 0.717) is 40.7 Å². The topological polar surface area (TPSA) is 87.1 Å². The van der Waals surface area contributed by atoms with Crippen LogP contribution in [0, 0.1) is 5.95 Å². The van der Waals surface area contributed by atoms with Crippen LogP contribution in [0.3, 0.4) is 0 Å². The number of thioether (sulfide) groups is 1. The van der Waals surface area contributed by atoms with Crippen molar-refractivity contribution in [1.82, 2.24) is 25.5 Å². The van der Waals surface area contributed by atoms with Gasteiger partial charge in [0.15, 0.2) is 11.6 Å². The second-order valence-corrected chi connectivity index (χ2v) is 10.9. The average molecular weight is 516 g/mol. The van der Waals surface area contributed by atoms with E-state index in [2.05, 4.69) is 32.4 Å². The summed E-state index contributed by atoms with van der Waals surface area (Å²) in [6.07, 6.45) is 1.44. The van der Waals surface area contributed by atoms with Gasteiger partial charge in [-0.1, -0.05) is 6.07 Å². The van der Waals surface area contributed by atoms with Gasteiger partial charge in [0.25, 0.3) is 0 Å². The molecule has 7 nitrogen and oxygen atoms in total.